The van der Waals surface area contributed by atoms with Crippen LogP contribution in [0.1, 0.15) is 47.7 Å². The first-order valence-electron chi connectivity index (χ1n) is 12.5. The minimum atomic E-state index is -2.56. The Morgan fingerprint density at radius 1 is 0.972 bits per heavy atom. The van der Waals surface area contributed by atoms with Crippen LogP contribution in [0.25, 0.3) is 22.5 Å². The van der Waals surface area contributed by atoms with Gasteiger partial charge in [0.1, 0.15) is 5.15 Å². The van der Waals surface area contributed by atoms with Crippen molar-refractivity contribution in [3.63, 3.8) is 0 Å². The van der Waals surface area contributed by atoms with E-state index in [0.29, 0.717) is 11.6 Å². The Hall–Kier alpha value is -2.29. The van der Waals surface area contributed by atoms with Crippen molar-refractivity contribution in [1.29, 1.82) is 0 Å². The maximum atomic E-state index is 10.1. The quantitative estimate of drug-likeness (QED) is 0.174. The van der Waals surface area contributed by atoms with E-state index in [1.54, 1.807) is 0 Å². The average molecular weight is 611 g/mol. The number of hydrogen-bond acceptors (Lipinski definition) is 5. The van der Waals surface area contributed by atoms with Crippen molar-refractivity contribution in [3.8, 4) is 22.5 Å². The van der Waals surface area contributed by atoms with Crippen LogP contribution in [0.5, 0.6) is 0 Å². The fourth-order valence-electron chi connectivity index (χ4n) is 4.51. The third kappa shape index (κ3) is 5.66. The number of rotatable bonds is 9. The first-order chi connectivity index (χ1) is 17.2. The molecule has 8 heteroatoms. The number of unbranched alkanes of at least 4 members (excludes halogenated alkanes) is 1. The van der Waals surface area contributed by atoms with Gasteiger partial charge in [-0.3, -0.25) is 0 Å². The molecule has 6 nitrogen and oxygen atoms in total. The Balaban J connectivity index is 1.69. The summed E-state index contributed by atoms with van der Waals surface area (Å²) < 4.78 is 2.08. The molecule has 0 radical (unpaired) electrons. The molecule has 0 aliphatic heterocycles. The van der Waals surface area contributed by atoms with Crippen molar-refractivity contribution < 1.29 is 5.11 Å². The predicted molar refractivity (Wildman–Crippen MR) is 149 cm³/mol. The van der Waals surface area contributed by atoms with E-state index in [2.05, 4.69) is 87.6 Å². The van der Waals surface area contributed by atoms with E-state index in [-0.39, 0.29) is 6.61 Å². The third-order valence-electron chi connectivity index (χ3n) is 6.55. The second-order valence-electron chi connectivity index (χ2n) is 10.2. The number of aliphatic hydroxyl groups excluding tert-OH is 1. The van der Waals surface area contributed by atoms with E-state index < -0.39 is 18.7 Å². The summed E-state index contributed by atoms with van der Waals surface area (Å²) in [6, 6.07) is 16.9. The van der Waals surface area contributed by atoms with Gasteiger partial charge in [0.15, 0.2) is 0 Å². The molecule has 0 saturated heterocycles. The Morgan fingerprint density at radius 3 is 2.31 bits per heavy atom. The van der Waals surface area contributed by atoms with E-state index in [4.69, 9.17) is 11.6 Å². The van der Waals surface area contributed by atoms with Gasteiger partial charge in [-0.2, -0.15) is 0 Å². The zero-order chi connectivity index (χ0) is 25.9. The van der Waals surface area contributed by atoms with E-state index in [1.165, 1.54) is 5.56 Å². The van der Waals surface area contributed by atoms with Gasteiger partial charge in [-0.15, -0.1) is 0 Å². The van der Waals surface area contributed by atoms with Gasteiger partial charge in [0.25, 0.3) is 0 Å². The number of halogens is 1. The van der Waals surface area contributed by atoms with Gasteiger partial charge in [0.05, 0.1) is 0 Å². The third-order valence-corrected chi connectivity index (χ3v) is 11.4. The van der Waals surface area contributed by atoms with Gasteiger partial charge in [-0.25, -0.2) is 0 Å². The molecule has 0 unspecified atom stereocenters. The van der Waals surface area contributed by atoms with Gasteiger partial charge < -0.3 is 5.11 Å². The van der Waals surface area contributed by atoms with E-state index >= 15 is 0 Å². The minimum absolute atomic E-state index is 0.0402. The van der Waals surface area contributed by atoms with E-state index in [9.17, 15) is 5.11 Å². The first kappa shape index (κ1) is 26.8. The zero-order valence-electron chi connectivity index (χ0n) is 21.7. The van der Waals surface area contributed by atoms with Crippen LogP contribution in [-0.4, -0.2) is 47.2 Å². The van der Waals surface area contributed by atoms with Crippen LogP contribution in [0, 0.1) is 6.92 Å². The summed E-state index contributed by atoms with van der Waals surface area (Å²) in [6.07, 6.45) is 3.69. The number of nitrogens with zero attached hydrogens (tertiary/aromatic N) is 5. The summed E-state index contributed by atoms with van der Waals surface area (Å²) in [4.78, 5) is 11.6. The van der Waals surface area contributed by atoms with Gasteiger partial charge >= 0.3 is 175 Å². The molecule has 0 saturated carbocycles. The summed E-state index contributed by atoms with van der Waals surface area (Å²) in [5, 5.41) is 23.4. The van der Waals surface area contributed by atoms with E-state index in [0.717, 1.165) is 64.2 Å². The number of hydrogen-bond donors (Lipinski definition) is 1. The summed E-state index contributed by atoms with van der Waals surface area (Å²) >= 11 is 3.84. The standard InChI is InChI=1S/C25H25ClN5O.3CH3.Sn/c1-3-4-9-23-21(22(15-32)16(2)24(26)27-23)14-17-10-12-18(13-11-17)19-7-5-6-8-20(19)25-28-30-31-29-25;;;;/h5-8,10-13,32H,3-4,9,14-15H2,1-2H3;3*1H3;/q-1;;;;+1. The number of tetrazole rings is 1. The van der Waals surface area contributed by atoms with Crippen LogP contribution in [0.4, 0.5) is 0 Å². The van der Waals surface area contributed by atoms with Crippen LogP contribution in [0.3, 0.4) is 0 Å². The molecule has 0 spiro atoms. The van der Waals surface area contributed by atoms with Crippen LogP contribution in [0.15, 0.2) is 48.5 Å². The molecule has 4 aromatic rings. The van der Waals surface area contributed by atoms with Crippen molar-refractivity contribution in [2.45, 2.75) is 61.0 Å². The molecule has 2 aromatic carbocycles. The van der Waals surface area contributed by atoms with Crippen molar-refractivity contribution >= 4 is 30.3 Å². The average Bonchev–Trinajstić information content (AvgIpc) is 3.37. The van der Waals surface area contributed by atoms with Gasteiger partial charge in [-0.05, 0) is 13.3 Å². The molecule has 2 aromatic heterocycles. The Morgan fingerprint density at radius 2 is 1.67 bits per heavy atom. The number of aromatic nitrogens is 5. The van der Waals surface area contributed by atoms with Crippen LogP contribution in [0.2, 0.25) is 20.0 Å². The number of aliphatic hydroxyl groups is 1. The zero-order valence-corrected chi connectivity index (χ0v) is 25.3. The molecule has 0 amide bonds. The van der Waals surface area contributed by atoms with Crippen molar-refractivity contribution in [2.75, 3.05) is 0 Å². The topological polar surface area (TPSA) is 76.7 Å². The molecular formula is C28H34ClN5OSn. The molecule has 0 aliphatic carbocycles. The molecule has 188 valence electrons. The molecule has 0 bridgehead atoms. The second-order valence-corrected chi connectivity index (χ2v) is 24.2. The fraction of sp³-hybridized carbons (Fsp3) is 0.357. The van der Waals surface area contributed by atoms with Crippen molar-refractivity contribution in [1.82, 2.24) is 23.4 Å². The molecular weight excluding hydrogens is 577 g/mol. The van der Waals surface area contributed by atoms with Crippen molar-refractivity contribution in [3.05, 3.63) is 81.6 Å². The van der Waals surface area contributed by atoms with Crippen LogP contribution < -0.4 is 0 Å². The molecule has 0 fully saturated rings. The number of benzene rings is 2. The molecule has 2 heterocycles. The Bertz CT molecular complexity index is 1350. The fourth-order valence-corrected chi connectivity index (χ4v) is 7.89. The molecule has 4 rings (SSSR count). The normalized spacial score (nSPS) is 11.8. The van der Waals surface area contributed by atoms with Crippen molar-refractivity contribution in [2.24, 2.45) is 0 Å². The summed E-state index contributed by atoms with van der Waals surface area (Å²) in [5.74, 6) is 0.842. The second kappa shape index (κ2) is 11.4. The number of pyridine rings is 1. The summed E-state index contributed by atoms with van der Waals surface area (Å²) in [6.45, 7) is 4.06. The Labute approximate surface area is 223 Å². The van der Waals surface area contributed by atoms with E-state index in [1.807, 2.05) is 13.0 Å². The molecule has 0 atom stereocenters. The summed E-state index contributed by atoms with van der Waals surface area (Å²) in [5.41, 5.74) is 8.29. The van der Waals surface area contributed by atoms with Gasteiger partial charge in [0, 0.05) is 0 Å². The molecule has 36 heavy (non-hydrogen) atoms. The predicted octanol–water partition coefficient (Wildman–Crippen LogP) is 6.47. The molecule has 0 aliphatic rings. The Kier molecular flexibility index (Phi) is 8.48. The van der Waals surface area contributed by atoms with Crippen LogP contribution in [-0.2, 0) is 19.4 Å². The monoisotopic (exact) mass is 611 g/mol. The first-order valence-corrected chi connectivity index (χ1v) is 22.7. The molecule has 1 N–H and O–H groups in total. The maximum absolute atomic E-state index is 10.1. The summed E-state index contributed by atoms with van der Waals surface area (Å²) in [7, 11) is 0. The SMILES string of the molecule is CCCCc1nc(Cl)c(C)c(CO)c1Cc1ccc(-c2ccccc2-c2nnn[n]2[Sn]([CH3])([CH3])[CH3])cc1. The van der Waals surface area contributed by atoms with Crippen LogP contribution >= 0.6 is 11.6 Å². The number of aryl methyl sites for hydroxylation is 1. The van der Waals surface area contributed by atoms with Gasteiger partial charge in [0.2, 0.25) is 0 Å². The van der Waals surface area contributed by atoms with Gasteiger partial charge in [-0.1, -0.05) is 24.9 Å².